The third-order valence-electron chi connectivity index (χ3n) is 8.93. The molecule has 5 atom stereocenters. The van der Waals surface area contributed by atoms with Crippen molar-refractivity contribution in [3.05, 3.63) is 54.1 Å². The summed E-state index contributed by atoms with van der Waals surface area (Å²) in [4.78, 5) is 106. The molecule has 20 nitrogen and oxygen atoms in total. The first-order valence-corrected chi connectivity index (χ1v) is 21.1. The minimum Gasteiger partial charge on any atom is -0.394 e. The Kier molecular flexibility index (Phi) is 22.0. The quantitative estimate of drug-likeness (QED) is 0.0402. The summed E-state index contributed by atoms with van der Waals surface area (Å²) in [6, 6.07) is 3.82. The van der Waals surface area contributed by atoms with Crippen molar-refractivity contribution in [3.8, 4) is 0 Å². The number of ether oxygens (including phenoxy) is 1. The number of aromatic nitrogens is 2. The number of hydrogen-bond donors (Lipinski definition) is 9. The molecule has 1 heterocycles. The van der Waals surface area contributed by atoms with Gasteiger partial charge in [-0.15, -0.1) is 0 Å². The number of phosphoric acid groups is 1. The van der Waals surface area contributed by atoms with Crippen LogP contribution in [-0.4, -0.2) is 128 Å². The number of primary amides is 1. The molecule has 0 fully saturated rings. The molecule has 2 aromatic rings. The first-order valence-electron chi connectivity index (χ1n) is 19.5. The van der Waals surface area contributed by atoms with Crippen molar-refractivity contribution < 1.29 is 57.5 Å². The smallest absolute Gasteiger partial charge is 0.394 e. The molecule has 0 aliphatic rings. The SMILES string of the molecule is CC(C)CC[C@H](NC(=O)CN(CCCCc1ccccc1)C(=O)CCOC(C)C)C(=O)N[C@@H](Cc1cnc[nH]1)C(=O)N[C@@H](CO)C(=O)N[C@H](C(N)=O)[C@@H](C)OP(=O)(O)O. The summed E-state index contributed by atoms with van der Waals surface area (Å²) in [6.45, 7) is 7.78. The van der Waals surface area contributed by atoms with Crippen LogP contribution < -0.4 is 27.0 Å². The van der Waals surface area contributed by atoms with E-state index in [0.717, 1.165) is 25.3 Å². The number of carbonyl (C=O) groups is 6. The summed E-state index contributed by atoms with van der Waals surface area (Å²) < 4.78 is 21.3. The summed E-state index contributed by atoms with van der Waals surface area (Å²) in [5.41, 5.74) is 6.86. The normalized spacial score (nSPS) is 14.1. The molecule has 0 aliphatic carbocycles. The van der Waals surface area contributed by atoms with Crippen LogP contribution in [0.1, 0.15) is 78.0 Å². The summed E-state index contributed by atoms with van der Waals surface area (Å²) in [7, 11) is -5.10. The highest BCUT2D eigenvalue weighted by atomic mass is 31.2. The van der Waals surface area contributed by atoms with Crippen molar-refractivity contribution in [1.29, 1.82) is 0 Å². The van der Waals surface area contributed by atoms with Crippen LogP contribution in [0, 0.1) is 5.92 Å². The van der Waals surface area contributed by atoms with E-state index in [0.29, 0.717) is 25.1 Å². The minimum atomic E-state index is -5.10. The number of aliphatic hydroxyl groups is 1. The van der Waals surface area contributed by atoms with E-state index in [1.54, 1.807) is 0 Å². The van der Waals surface area contributed by atoms with Crippen LogP contribution in [0.2, 0.25) is 0 Å². The van der Waals surface area contributed by atoms with Gasteiger partial charge in [-0.1, -0.05) is 44.2 Å². The van der Waals surface area contributed by atoms with Crippen LogP contribution in [0.3, 0.4) is 0 Å². The number of nitrogens with zero attached hydrogens (tertiary/aromatic N) is 2. The maximum absolute atomic E-state index is 13.9. The monoisotopic (exact) mass is 852 g/mol. The molecule has 0 radical (unpaired) electrons. The molecule has 6 amide bonds. The van der Waals surface area contributed by atoms with Crippen molar-refractivity contribution in [2.75, 3.05) is 26.3 Å². The summed E-state index contributed by atoms with van der Waals surface area (Å²) in [6.07, 6.45) is 3.79. The second-order valence-corrected chi connectivity index (χ2v) is 16.0. The topological polar surface area (TPSA) is 305 Å². The van der Waals surface area contributed by atoms with E-state index in [1.165, 1.54) is 17.4 Å². The molecule has 21 heteroatoms. The number of aromatic amines is 1. The number of imidazole rings is 1. The first kappa shape index (κ1) is 50.4. The fourth-order valence-corrected chi connectivity index (χ4v) is 6.36. The molecule has 10 N–H and O–H groups in total. The third-order valence-corrected chi connectivity index (χ3v) is 9.54. The fraction of sp³-hybridized carbons (Fsp3) is 0.605. The number of aliphatic hydroxyl groups excluding tert-OH is 1. The Bertz CT molecular complexity index is 1680. The third kappa shape index (κ3) is 20.2. The van der Waals surface area contributed by atoms with Gasteiger partial charge in [0.2, 0.25) is 35.4 Å². The zero-order valence-electron chi connectivity index (χ0n) is 34.3. The lowest BCUT2D eigenvalue weighted by molar-refractivity contribution is -0.138. The highest BCUT2D eigenvalue weighted by molar-refractivity contribution is 7.46. The van der Waals surface area contributed by atoms with Crippen molar-refractivity contribution in [2.24, 2.45) is 11.7 Å². The van der Waals surface area contributed by atoms with Crippen LogP contribution in [0.5, 0.6) is 0 Å². The van der Waals surface area contributed by atoms with Crippen molar-refractivity contribution in [3.63, 3.8) is 0 Å². The Balaban J connectivity index is 2.24. The van der Waals surface area contributed by atoms with Crippen LogP contribution in [0.25, 0.3) is 0 Å². The van der Waals surface area contributed by atoms with Gasteiger partial charge in [0.05, 0.1) is 44.7 Å². The van der Waals surface area contributed by atoms with Gasteiger partial charge < -0.3 is 56.5 Å². The number of hydrogen-bond acceptors (Lipinski definition) is 11. The molecule has 0 aliphatic heterocycles. The fourth-order valence-electron chi connectivity index (χ4n) is 5.81. The molecule has 1 aromatic heterocycles. The number of unbranched alkanes of at least 4 members (excludes halogenated alkanes) is 1. The zero-order valence-corrected chi connectivity index (χ0v) is 35.2. The van der Waals surface area contributed by atoms with Gasteiger partial charge in [0, 0.05) is 24.9 Å². The predicted octanol–water partition coefficient (Wildman–Crippen LogP) is -0.0304. The number of rotatable bonds is 28. The molecular formula is C38H61N8O12P. The second kappa shape index (κ2) is 25.7. The Morgan fingerprint density at radius 3 is 2.10 bits per heavy atom. The number of nitrogens with one attached hydrogen (secondary N) is 5. The van der Waals surface area contributed by atoms with Crippen LogP contribution in [0.4, 0.5) is 0 Å². The molecule has 330 valence electrons. The van der Waals surface area contributed by atoms with E-state index >= 15 is 0 Å². The van der Waals surface area contributed by atoms with E-state index in [2.05, 4.69) is 35.8 Å². The van der Waals surface area contributed by atoms with Gasteiger partial charge in [-0.3, -0.25) is 33.3 Å². The lowest BCUT2D eigenvalue weighted by atomic mass is 10.0. The van der Waals surface area contributed by atoms with Crippen LogP contribution >= 0.6 is 7.82 Å². The number of benzene rings is 1. The maximum Gasteiger partial charge on any atom is 0.469 e. The summed E-state index contributed by atoms with van der Waals surface area (Å²) in [5, 5.41) is 19.8. The number of carbonyl (C=O) groups excluding carboxylic acids is 6. The van der Waals surface area contributed by atoms with Gasteiger partial charge in [0.1, 0.15) is 24.2 Å². The molecule has 1 aromatic carbocycles. The number of H-pyrrole nitrogens is 1. The molecule has 0 spiro atoms. The van der Waals surface area contributed by atoms with E-state index in [4.69, 9.17) is 20.3 Å². The highest BCUT2D eigenvalue weighted by Crippen LogP contribution is 2.38. The largest absolute Gasteiger partial charge is 0.469 e. The molecule has 0 saturated carbocycles. The summed E-state index contributed by atoms with van der Waals surface area (Å²) >= 11 is 0. The Labute approximate surface area is 344 Å². The number of nitrogens with two attached hydrogens (primary N) is 1. The van der Waals surface area contributed by atoms with Gasteiger partial charge in [0.15, 0.2) is 0 Å². The van der Waals surface area contributed by atoms with Crippen LogP contribution in [-0.2, 0) is 55.4 Å². The average molecular weight is 853 g/mol. The maximum atomic E-state index is 13.9. The molecule has 59 heavy (non-hydrogen) atoms. The Morgan fingerprint density at radius 2 is 1.53 bits per heavy atom. The van der Waals surface area contributed by atoms with Gasteiger partial charge in [0.25, 0.3) is 0 Å². The highest BCUT2D eigenvalue weighted by Gasteiger charge is 2.35. The lowest BCUT2D eigenvalue weighted by Crippen LogP contribution is -2.60. The second-order valence-electron chi connectivity index (χ2n) is 14.8. The molecule has 2 rings (SSSR count). The van der Waals surface area contributed by atoms with Gasteiger partial charge >= 0.3 is 7.82 Å². The minimum absolute atomic E-state index is 0.0576. The molecule has 0 saturated heterocycles. The first-order chi connectivity index (χ1) is 27.8. The van der Waals surface area contributed by atoms with E-state index in [9.17, 15) is 38.4 Å². The zero-order chi connectivity index (χ0) is 44.1. The van der Waals surface area contributed by atoms with E-state index in [1.807, 2.05) is 58.0 Å². The number of amides is 6. The lowest BCUT2D eigenvalue weighted by Gasteiger charge is -2.27. The van der Waals surface area contributed by atoms with Gasteiger partial charge in [-0.05, 0) is 64.4 Å². The molecule has 0 unspecified atom stereocenters. The van der Waals surface area contributed by atoms with Gasteiger partial charge in [-0.25, -0.2) is 9.55 Å². The summed E-state index contributed by atoms with van der Waals surface area (Å²) in [5.74, 6) is -4.84. The Morgan fingerprint density at radius 1 is 0.881 bits per heavy atom. The van der Waals surface area contributed by atoms with Crippen molar-refractivity contribution >= 4 is 43.3 Å². The van der Waals surface area contributed by atoms with Crippen molar-refractivity contribution in [2.45, 2.75) is 116 Å². The predicted molar refractivity (Wildman–Crippen MR) is 215 cm³/mol. The Hall–Kier alpha value is -4.72. The van der Waals surface area contributed by atoms with Crippen molar-refractivity contribution in [1.82, 2.24) is 36.1 Å². The van der Waals surface area contributed by atoms with E-state index < -0.39 is 74.2 Å². The molecule has 0 bridgehead atoms. The van der Waals surface area contributed by atoms with E-state index in [-0.39, 0.29) is 50.3 Å². The number of aryl methyl sites for hydroxylation is 1. The standard InChI is InChI=1S/C38H61N8O12P/c1-24(2)14-15-29(42-32(48)21-46(33(49)16-18-57-25(3)4)17-10-9-13-27-11-7-6-8-12-27)36(51)43-30(19-28-20-40-23-41-28)37(52)44-31(22-47)38(53)45-34(35(39)50)26(5)58-59(54,55)56/h6-8,11-12,20,23-26,29-31,34,47H,9-10,13-19,21-22H2,1-5H3,(H2,39,50)(H,40,41)(H,42,48)(H,43,51)(H,44,52)(H,45,53)(H2,54,55,56)/t26-,29+,30+,31+,34+/m1/s1. The number of phosphoric ester groups is 1. The van der Waals surface area contributed by atoms with Crippen LogP contribution in [0.15, 0.2) is 42.9 Å². The average Bonchev–Trinajstić information content (AvgIpc) is 3.67. The molecular weight excluding hydrogens is 791 g/mol. The van der Waals surface area contributed by atoms with Gasteiger partial charge in [-0.2, -0.15) is 0 Å².